The van der Waals surface area contributed by atoms with Gasteiger partial charge >= 0.3 is 5.97 Å². The first-order chi connectivity index (χ1) is 14.9. The van der Waals surface area contributed by atoms with Gasteiger partial charge in [-0.1, -0.05) is 34.1 Å². The second kappa shape index (κ2) is 8.98. The van der Waals surface area contributed by atoms with Gasteiger partial charge < -0.3 is 18.8 Å². The number of halogens is 1. The standard InChI is InChI=1S/C24H22BrNO5/c1-15-9-20(21(27)13-29-24(28)11-17-3-6-19(25)7-4-17)16(2)26(15)12-18-5-8-22-23(10-18)31-14-30-22/h3-10H,11-14H2,1-2H3. The Balaban J connectivity index is 1.39. The van der Waals surface area contributed by atoms with Crippen molar-refractivity contribution in [1.29, 1.82) is 0 Å². The smallest absolute Gasteiger partial charge is 0.310 e. The summed E-state index contributed by atoms with van der Waals surface area (Å²) >= 11 is 3.36. The van der Waals surface area contributed by atoms with E-state index in [-0.39, 0.29) is 25.6 Å². The molecule has 0 unspecified atom stereocenters. The van der Waals surface area contributed by atoms with Crippen LogP contribution >= 0.6 is 15.9 Å². The van der Waals surface area contributed by atoms with Crippen molar-refractivity contribution in [3.05, 3.63) is 81.1 Å². The number of Topliss-reactive ketones (excluding diaryl/α,β-unsaturated/α-hetero) is 1. The van der Waals surface area contributed by atoms with Crippen molar-refractivity contribution in [2.24, 2.45) is 0 Å². The Hall–Kier alpha value is -3.06. The summed E-state index contributed by atoms with van der Waals surface area (Å²) in [4.78, 5) is 24.8. The predicted molar refractivity (Wildman–Crippen MR) is 119 cm³/mol. The predicted octanol–water partition coefficient (Wildman–Crippen LogP) is 4.61. The molecule has 0 radical (unpaired) electrons. The highest BCUT2D eigenvalue weighted by molar-refractivity contribution is 9.10. The van der Waals surface area contributed by atoms with Crippen molar-refractivity contribution < 1.29 is 23.8 Å². The summed E-state index contributed by atoms with van der Waals surface area (Å²) in [6.45, 7) is 4.42. The number of ketones is 1. The van der Waals surface area contributed by atoms with Gasteiger partial charge in [0.05, 0.1) is 6.42 Å². The van der Waals surface area contributed by atoms with Gasteiger partial charge in [-0.3, -0.25) is 9.59 Å². The minimum absolute atomic E-state index is 0.129. The quantitative estimate of drug-likeness (QED) is 0.362. The largest absolute Gasteiger partial charge is 0.457 e. The van der Waals surface area contributed by atoms with Crippen molar-refractivity contribution >= 4 is 27.7 Å². The second-order valence-electron chi connectivity index (χ2n) is 7.45. The molecule has 2 heterocycles. The fraction of sp³-hybridized carbons (Fsp3) is 0.250. The van der Waals surface area contributed by atoms with Crippen LogP contribution in [0.4, 0.5) is 0 Å². The van der Waals surface area contributed by atoms with Gasteiger partial charge in [-0.2, -0.15) is 0 Å². The van der Waals surface area contributed by atoms with E-state index >= 15 is 0 Å². The molecule has 0 spiro atoms. The molecule has 0 amide bonds. The Morgan fingerprint density at radius 1 is 1.00 bits per heavy atom. The molecule has 0 N–H and O–H groups in total. The van der Waals surface area contributed by atoms with Crippen LogP contribution in [0.25, 0.3) is 0 Å². The van der Waals surface area contributed by atoms with Crippen molar-refractivity contribution in [2.45, 2.75) is 26.8 Å². The molecule has 31 heavy (non-hydrogen) atoms. The van der Waals surface area contributed by atoms with E-state index in [0.717, 1.165) is 38.5 Å². The third-order valence-electron chi connectivity index (χ3n) is 5.28. The lowest BCUT2D eigenvalue weighted by Crippen LogP contribution is -2.16. The Labute approximate surface area is 188 Å². The molecular weight excluding hydrogens is 462 g/mol. The normalized spacial score (nSPS) is 12.1. The van der Waals surface area contributed by atoms with Gasteiger partial charge in [-0.05, 0) is 55.3 Å². The lowest BCUT2D eigenvalue weighted by atomic mass is 10.1. The summed E-state index contributed by atoms with van der Waals surface area (Å²) in [5.41, 5.74) is 4.24. The number of ether oxygens (including phenoxy) is 3. The van der Waals surface area contributed by atoms with E-state index in [1.165, 1.54) is 0 Å². The van der Waals surface area contributed by atoms with E-state index in [9.17, 15) is 9.59 Å². The molecule has 6 nitrogen and oxygen atoms in total. The van der Waals surface area contributed by atoms with E-state index < -0.39 is 5.97 Å². The zero-order chi connectivity index (χ0) is 22.0. The Bertz CT molecular complexity index is 1130. The molecule has 1 aliphatic rings. The molecule has 1 aromatic heterocycles. The molecule has 7 heteroatoms. The van der Waals surface area contributed by atoms with Gasteiger partial charge in [0.25, 0.3) is 0 Å². The van der Waals surface area contributed by atoms with Crippen molar-refractivity contribution in [2.75, 3.05) is 13.4 Å². The van der Waals surface area contributed by atoms with Crippen LogP contribution in [0.5, 0.6) is 11.5 Å². The van der Waals surface area contributed by atoms with Crippen LogP contribution < -0.4 is 9.47 Å². The maximum atomic E-state index is 12.7. The van der Waals surface area contributed by atoms with Crippen LogP contribution in [0.15, 0.2) is 53.0 Å². The zero-order valence-corrected chi connectivity index (χ0v) is 18.9. The molecule has 2 aromatic carbocycles. The number of aryl methyl sites for hydroxylation is 1. The zero-order valence-electron chi connectivity index (χ0n) is 17.3. The first kappa shape index (κ1) is 21.2. The highest BCUT2D eigenvalue weighted by Gasteiger charge is 2.19. The lowest BCUT2D eigenvalue weighted by molar-refractivity contribution is -0.141. The van der Waals surface area contributed by atoms with Crippen molar-refractivity contribution in [3.63, 3.8) is 0 Å². The Kier molecular flexibility index (Phi) is 6.13. The highest BCUT2D eigenvalue weighted by Crippen LogP contribution is 2.33. The van der Waals surface area contributed by atoms with Gasteiger partial charge in [0.1, 0.15) is 0 Å². The number of hydrogen-bond donors (Lipinski definition) is 0. The molecular formula is C24H22BrNO5. The third-order valence-corrected chi connectivity index (χ3v) is 5.81. The summed E-state index contributed by atoms with van der Waals surface area (Å²) in [6, 6.07) is 15.1. The number of esters is 1. The minimum atomic E-state index is -0.426. The molecule has 4 rings (SSSR count). The average molecular weight is 484 g/mol. The summed E-state index contributed by atoms with van der Waals surface area (Å²) in [6.07, 6.45) is 0.129. The number of carbonyl (C=O) groups is 2. The number of carbonyl (C=O) groups excluding carboxylic acids is 2. The molecule has 1 aliphatic heterocycles. The fourth-order valence-corrected chi connectivity index (χ4v) is 3.86. The Morgan fingerprint density at radius 2 is 1.71 bits per heavy atom. The molecule has 3 aromatic rings. The lowest BCUT2D eigenvalue weighted by Gasteiger charge is -2.11. The maximum Gasteiger partial charge on any atom is 0.310 e. The number of nitrogens with zero attached hydrogens (tertiary/aromatic N) is 1. The van der Waals surface area contributed by atoms with E-state index in [0.29, 0.717) is 12.1 Å². The third kappa shape index (κ3) is 4.82. The Morgan fingerprint density at radius 3 is 2.48 bits per heavy atom. The molecule has 0 atom stereocenters. The van der Waals surface area contributed by atoms with Gasteiger partial charge in [0, 0.05) is 28.0 Å². The molecule has 0 fully saturated rings. The topological polar surface area (TPSA) is 66.8 Å². The fourth-order valence-electron chi connectivity index (χ4n) is 3.59. The van der Waals surface area contributed by atoms with Crippen LogP contribution in [0.2, 0.25) is 0 Å². The van der Waals surface area contributed by atoms with Gasteiger partial charge in [0.15, 0.2) is 18.1 Å². The molecule has 0 saturated carbocycles. The second-order valence-corrected chi connectivity index (χ2v) is 8.36. The average Bonchev–Trinajstić information content (AvgIpc) is 3.33. The van der Waals surface area contributed by atoms with Crippen LogP contribution in [0.3, 0.4) is 0 Å². The van der Waals surface area contributed by atoms with Crippen molar-refractivity contribution in [1.82, 2.24) is 4.57 Å². The van der Waals surface area contributed by atoms with Crippen LogP contribution in [0, 0.1) is 13.8 Å². The molecule has 0 bridgehead atoms. The summed E-state index contributed by atoms with van der Waals surface area (Å²) < 4.78 is 19.0. The van der Waals surface area contributed by atoms with E-state index in [4.69, 9.17) is 14.2 Å². The summed E-state index contributed by atoms with van der Waals surface area (Å²) in [5.74, 6) is 0.832. The van der Waals surface area contributed by atoms with Crippen molar-refractivity contribution in [3.8, 4) is 11.5 Å². The number of rotatable bonds is 7. The summed E-state index contributed by atoms with van der Waals surface area (Å²) in [7, 11) is 0. The van der Waals surface area contributed by atoms with Gasteiger partial charge in [-0.25, -0.2) is 0 Å². The first-order valence-corrected chi connectivity index (χ1v) is 10.7. The molecule has 0 saturated heterocycles. The van der Waals surface area contributed by atoms with E-state index in [1.807, 2.05) is 62.4 Å². The number of aromatic nitrogens is 1. The SMILES string of the molecule is Cc1cc(C(=O)COC(=O)Cc2ccc(Br)cc2)c(C)n1Cc1ccc2c(c1)OCO2. The van der Waals surface area contributed by atoms with Gasteiger partial charge in [-0.15, -0.1) is 0 Å². The van der Waals surface area contributed by atoms with E-state index in [1.54, 1.807) is 0 Å². The first-order valence-electron chi connectivity index (χ1n) is 9.89. The van der Waals surface area contributed by atoms with Crippen LogP contribution in [-0.4, -0.2) is 29.7 Å². The highest BCUT2D eigenvalue weighted by atomic mass is 79.9. The van der Waals surface area contributed by atoms with E-state index in [2.05, 4.69) is 20.5 Å². The molecule has 0 aliphatic carbocycles. The van der Waals surface area contributed by atoms with Crippen LogP contribution in [-0.2, 0) is 22.5 Å². The van der Waals surface area contributed by atoms with Crippen LogP contribution in [0.1, 0.15) is 32.9 Å². The summed E-state index contributed by atoms with van der Waals surface area (Å²) in [5, 5.41) is 0. The maximum absolute atomic E-state index is 12.7. The van der Waals surface area contributed by atoms with Gasteiger partial charge in [0.2, 0.25) is 12.6 Å². The minimum Gasteiger partial charge on any atom is -0.457 e. The number of hydrogen-bond acceptors (Lipinski definition) is 5. The monoisotopic (exact) mass is 483 g/mol. The molecule has 160 valence electrons. The number of fused-ring (bicyclic) bond motifs is 1. The number of benzene rings is 2.